The number of rotatable bonds is 14. The minimum atomic E-state index is -4.27. The first-order chi connectivity index (χ1) is 29.5. The summed E-state index contributed by atoms with van der Waals surface area (Å²) in [5.74, 6) is 7.74. The molecule has 0 aliphatic heterocycles. The molecule has 4 aliphatic carbocycles. The van der Waals surface area contributed by atoms with Crippen LogP contribution in [0.15, 0.2) is 127 Å². The van der Waals surface area contributed by atoms with Crippen molar-refractivity contribution >= 4 is 21.5 Å². The molecular weight excluding hydrogens is 766 g/mol. The molecule has 0 spiro atoms. The van der Waals surface area contributed by atoms with E-state index in [0.29, 0.717) is 11.9 Å². The van der Waals surface area contributed by atoms with Gasteiger partial charge in [-0.1, -0.05) is 87.5 Å². The maximum atomic E-state index is 13.1. The van der Waals surface area contributed by atoms with Crippen LogP contribution in [0.4, 0.5) is 13.2 Å². The molecule has 0 amide bonds. The fraction of sp³-hybridized carbons (Fsp3) is 0.418. The largest absolute Gasteiger partial charge is 0.493 e. The van der Waals surface area contributed by atoms with Crippen molar-refractivity contribution in [2.45, 2.75) is 95.8 Å². The normalized spacial score (nSPS) is 26.0. The fourth-order valence-corrected chi connectivity index (χ4v) is 12.3. The Hall–Kier alpha value is -4.97. The summed E-state index contributed by atoms with van der Waals surface area (Å²) in [5.41, 5.74) is 3.71. The number of halogens is 3. The topological polar surface area (TPSA) is 27.7 Å². The highest BCUT2D eigenvalue weighted by molar-refractivity contribution is 5.98. The Bertz CT molecular complexity index is 2460. The molecule has 3 nitrogen and oxygen atoms in total. The third-order valence-corrected chi connectivity index (χ3v) is 15.5. The van der Waals surface area contributed by atoms with Gasteiger partial charge in [0.1, 0.15) is 29.1 Å². The van der Waals surface area contributed by atoms with E-state index < -0.39 is 18.7 Å². The van der Waals surface area contributed by atoms with Gasteiger partial charge < -0.3 is 14.2 Å². The van der Waals surface area contributed by atoms with Crippen molar-refractivity contribution in [3.8, 4) is 23.0 Å². The van der Waals surface area contributed by atoms with Crippen molar-refractivity contribution in [2.24, 2.45) is 41.4 Å². The Kier molecular flexibility index (Phi) is 10.8. The first-order valence-electron chi connectivity index (χ1n) is 22.8. The van der Waals surface area contributed by atoms with Gasteiger partial charge in [0.15, 0.2) is 0 Å². The Labute approximate surface area is 358 Å². The van der Waals surface area contributed by atoms with Crippen LogP contribution in [0, 0.1) is 41.4 Å². The lowest BCUT2D eigenvalue weighted by Crippen LogP contribution is -2.37. The van der Waals surface area contributed by atoms with E-state index in [1.807, 2.05) is 18.2 Å². The molecule has 4 aliphatic rings. The summed E-state index contributed by atoms with van der Waals surface area (Å²) in [6.45, 7) is 5.31. The van der Waals surface area contributed by atoms with Gasteiger partial charge in [0.25, 0.3) is 0 Å². The van der Waals surface area contributed by atoms with E-state index in [0.717, 1.165) is 83.5 Å². The van der Waals surface area contributed by atoms with Crippen molar-refractivity contribution in [1.82, 2.24) is 0 Å². The number of ether oxygens (including phenoxy) is 3. The second kappa shape index (κ2) is 16.4. The first-order valence-corrected chi connectivity index (χ1v) is 22.8. The van der Waals surface area contributed by atoms with E-state index in [4.69, 9.17) is 14.2 Å². The molecule has 0 heterocycles. The molecule has 0 aromatic heterocycles. The fourth-order valence-electron chi connectivity index (χ4n) is 12.3. The molecule has 6 aromatic rings. The van der Waals surface area contributed by atoms with Crippen LogP contribution in [0.3, 0.4) is 0 Å². The van der Waals surface area contributed by atoms with E-state index in [-0.39, 0.29) is 17.8 Å². The van der Waals surface area contributed by atoms with Crippen LogP contribution >= 0.6 is 0 Å². The molecule has 316 valence electrons. The van der Waals surface area contributed by atoms with Gasteiger partial charge in [-0.25, -0.2) is 0 Å². The third kappa shape index (κ3) is 8.24. The summed E-state index contributed by atoms with van der Waals surface area (Å²) in [6.07, 6.45) is 4.94. The number of hydrogen-bond acceptors (Lipinski definition) is 3. The molecule has 11 atom stereocenters. The van der Waals surface area contributed by atoms with Gasteiger partial charge in [-0.15, -0.1) is 0 Å². The zero-order valence-corrected chi connectivity index (χ0v) is 35.5. The van der Waals surface area contributed by atoms with Gasteiger partial charge in [-0.05, 0) is 197 Å². The van der Waals surface area contributed by atoms with Crippen LogP contribution in [0.25, 0.3) is 21.5 Å². The molecule has 6 heteroatoms. The lowest BCUT2D eigenvalue weighted by atomic mass is 9.70. The van der Waals surface area contributed by atoms with Crippen molar-refractivity contribution in [2.75, 3.05) is 6.61 Å². The minimum Gasteiger partial charge on any atom is -0.493 e. The van der Waals surface area contributed by atoms with E-state index in [1.165, 1.54) is 59.4 Å². The molecule has 0 saturated heterocycles. The average molecular weight is 823 g/mol. The van der Waals surface area contributed by atoms with Gasteiger partial charge in [0, 0.05) is 0 Å². The predicted octanol–water partition coefficient (Wildman–Crippen LogP) is 15.3. The summed E-state index contributed by atoms with van der Waals surface area (Å²) >= 11 is 0. The molecule has 0 N–H and O–H groups in total. The van der Waals surface area contributed by atoms with Crippen LogP contribution in [-0.4, -0.2) is 18.9 Å². The summed E-state index contributed by atoms with van der Waals surface area (Å²) in [5, 5.41) is 4.79. The van der Waals surface area contributed by atoms with E-state index in [9.17, 15) is 13.2 Å². The maximum Gasteiger partial charge on any atom is 0.394 e. The van der Waals surface area contributed by atoms with Crippen LogP contribution in [0.1, 0.15) is 100 Å². The molecule has 4 bridgehead atoms. The monoisotopic (exact) mass is 822 g/mol. The van der Waals surface area contributed by atoms with Crippen molar-refractivity contribution < 1.29 is 27.4 Å². The van der Waals surface area contributed by atoms with Gasteiger partial charge in [0.05, 0.1) is 12.5 Å². The molecule has 10 rings (SSSR count). The number of benzene rings is 6. The Morgan fingerprint density at radius 2 is 1.10 bits per heavy atom. The first kappa shape index (κ1) is 40.1. The van der Waals surface area contributed by atoms with E-state index >= 15 is 0 Å². The summed E-state index contributed by atoms with van der Waals surface area (Å²) in [7, 11) is 0. The zero-order chi connectivity index (χ0) is 41.8. The number of fused-ring (bicyclic) bond motifs is 11. The van der Waals surface area contributed by atoms with Crippen molar-refractivity contribution in [1.29, 1.82) is 0 Å². The second-order valence-corrected chi connectivity index (χ2v) is 19.3. The quantitative estimate of drug-likeness (QED) is 0.0809. The molecule has 6 aromatic carbocycles. The Morgan fingerprint density at radius 1 is 0.541 bits per heavy atom. The number of alkyl halides is 3. The van der Waals surface area contributed by atoms with Crippen molar-refractivity contribution in [3.05, 3.63) is 144 Å². The lowest BCUT2D eigenvalue weighted by molar-refractivity contribution is -0.176. The van der Waals surface area contributed by atoms with Crippen LogP contribution < -0.4 is 14.2 Å². The Balaban J connectivity index is 0.829. The minimum absolute atomic E-state index is 0.218. The zero-order valence-electron chi connectivity index (χ0n) is 35.5. The second-order valence-electron chi connectivity index (χ2n) is 19.3. The van der Waals surface area contributed by atoms with Crippen LogP contribution in [0.5, 0.6) is 23.0 Å². The SMILES string of the molecule is CC(CC(CC(C)c1ccc(Oc2ccc3cc4ccccc4cc3c2)cc1)c1ccc(OC2CC3CC2C2C4CCC(C4)C32)cc1)c1ccc(OCC(C)C(F)(F)F)cc1. The molecule has 0 radical (unpaired) electrons. The molecule has 4 fully saturated rings. The van der Waals surface area contributed by atoms with E-state index in [1.54, 1.807) is 12.1 Å². The van der Waals surface area contributed by atoms with Crippen LogP contribution in [-0.2, 0) is 0 Å². The predicted molar refractivity (Wildman–Crippen MR) is 239 cm³/mol. The van der Waals surface area contributed by atoms with Crippen LogP contribution in [0.2, 0.25) is 0 Å². The van der Waals surface area contributed by atoms with Crippen molar-refractivity contribution in [3.63, 3.8) is 0 Å². The molecule has 11 unspecified atom stereocenters. The standard InChI is InChI=1S/C55H57F3O3/c1-33(36-10-17-47(18-11-36)59-32-35(3)55(56,57)58)24-44(38-14-21-49(22-15-38)61-52-31-46-30-51(52)54-43-9-8-42(28-43)53(46)54)25-34(2)37-12-19-48(20-13-37)60-50-23-16-41-26-39-6-4-5-7-40(39)27-45(41)29-50/h4-7,10-23,26-27,29,33-35,42-44,46,51-54H,8-9,24-25,28,30-32H2,1-3H3. The van der Waals surface area contributed by atoms with Gasteiger partial charge >= 0.3 is 6.18 Å². The smallest absolute Gasteiger partial charge is 0.394 e. The lowest BCUT2D eigenvalue weighted by Gasteiger charge is -2.38. The average Bonchev–Trinajstić information content (AvgIpc) is 4.07. The van der Waals surface area contributed by atoms with Gasteiger partial charge in [-0.2, -0.15) is 13.2 Å². The van der Waals surface area contributed by atoms with E-state index in [2.05, 4.69) is 111 Å². The maximum absolute atomic E-state index is 13.1. The number of hydrogen-bond donors (Lipinski definition) is 0. The molecular formula is C55H57F3O3. The highest BCUT2D eigenvalue weighted by Crippen LogP contribution is 2.67. The Morgan fingerprint density at radius 3 is 1.75 bits per heavy atom. The highest BCUT2D eigenvalue weighted by atomic mass is 19.4. The molecule has 4 saturated carbocycles. The van der Waals surface area contributed by atoms with Gasteiger partial charge in [0.2, 0.25) is 0 Å². The summed E-state index contributed by atoms with van der Waals surface area (Å²) < 4.78 is 58.0. The third-order valence-electron chi connectivity index (χ3n) is 15.5. The molecule has 61 heavy (non-hydrogen) atoms. The summed E-state index contributed by atoms with van der Waals surface area (Å²) in [4.78, 5) is 0. The van der Waals surface area contributed by atoms with Gasteiger partial charge in [-0.3, -0.25) is 0 Å². The highest BCUT2D eigenvalue weighted by Gasteiger charge is 2.63. The summed E-state index contributed by atoms with van der Waals surface area (Å²) in [6, 6.07) is 44.3.